The summed E-state index contributed by atoms with van der Waals surface area (Å²) in [4.78, 5) is 20.7. The third-order valence-electron chi connectivity index (χ3n) is 6.72. The Morgan fingerprint density at radius 1 is 1.08 bits per heavy atom. The lowest BCUT2D eigenvalue weighted by Crippen LogP contribution is -2.49. The highest BCUT2D eigenvalue weighted by Gasteiger charge is 2.29. The highest BCUT2D eigenvalue weighted by atomic mass is 32.1. The van der Waals surface area contributed by atoms with Gasteiger partial charge in [-0.15, -0.1) is 0 Å². The third-order valence-corrected chi connectivity index (χ3v) is 6.81. The number of nitrogens with one attached hydrogen (secondary N) is 1. The molecule has 0 unspecified atom stereocenters. The fourth-order valence-corrected chi connectivity index (χ4v) is 4.74. The number of nitrogens with two attached hydrogens (primary N) is 1. The molecule has 0 saturated carbocycles. The molecule has 36 heavy (non-hydrogen) atoms. The Labute approximate surface area is 215 Å². The van der Waals surface area contributed by atoms with Gasteiger partial charge in [0.05, 0.1) is 17.5 Å². The molecular formula is C25H31F2N7OS. The van der Waals surface area contributed by atoms with Crippen LogP contribution in [0.15, 0.2) is 41.5 Å². The minimum absolute atomic E-state index is 0.0292. The lowest BCUT2D eigenvalue weighted by molar-refractivity contribution is 0.0742. The smallest absolute Gasteiger partial charge is 0.256 e. The van der Waals surface area contributed by atoms with Crippen LogP contribution >= 0.6 is 12.2 Å². The molecule has 1 amide bonds. The zero-order chi connectivity index (χ0) is 25.8. The second kappa shape index (κ2) is 11.2. The normalized spacial score (nSPS) is 18.4. The van der Waals surface area contributed by atoms with Crippen molar-refractivity contribution in [1.82, 2.24) is 15.2 Å². The molecule has 3 N–H and O–H groups in total. The van der Waals surface area contributed by atoms with E-state index in [2.05, 4.69) is 34.4 Å². The van der Waals surface area contributed by atoms with Gasteiger partial charge in [0.2, 0.25) is 0 Å². The van der Waals surface area contributed by atoms with Gasteiger partial charge in [0.1, 0.15) is 11.6 Å². The Kier molecular flexibility index (Phi) is 8.00. The molecule has 0 bridgehead atoms. The first-order valence-electron chi connectivity index (χ1n) is 11.9. The number of amides is 1. The highest BCUT2D eigenvalue weighted by Crippen LogP contribution is 2.32. The topological polar surface area (TPSA) is 80.4 Å². The summed E-state index contributed by atoms with van der Waals surface area (Å²) >= 11 is 4.80. The molecule has 11 heteroatoms. The van der Waals surface area contributed by atoms with Crippen molar-refractivity contribution in [3.8, 4) is 0 Å². The van der Waals surface area contributed by atoms with Crippen LogP contribution in [0, 0.1) is 11.6 Å². The largest absolute Gasteiger partial charge is 0.375 e. The molecule has 192 valence electrons. The van der Waals surface area contributed by atoms with Crippen molar-refractivity contribution in [2.24, 2.45) is 10.8 Å². The molecule has 0 spiro atoms. The minimum atomic E-state index is -0.538. The van der Waals surface area contributed by atoms with Crippen LogP contribution in [0.5, 0.6) is 0 Å². The fourth-order valence-electron chi connectivity index (χ4n) is 4.69. The SMILES string of the molecule is CN(C)[C@@H]1CCN(c2cc(N3CCN(C(=O)c4ccccc4F)CC3)c(F)cc2C=NNC(N)=S)C1. The maximum Gasteiger partial charge on any atom is 0.256 e. The van der Waals surface area contributed by atoms with Crippen molar-refractivity contribution in [3.63, 3.8) is 0 Å². The Bertz CT molecular complexity index is 1150. The van der Waals surface area contributed by atoms with Crippen molar-refractivity contribution in [3.05, 3.63) is 59.2 Å². The van der Waals surface area contributed by atoms with Crippen LogP contribution in [-0.2, 0) is 0 Å². The first-order valence-corrected chi connectivity index (χ1v) is 12.3. The van der Waals surface area contributed by atoms with E-state index in [4.69, 9.17) is 18.0 Å². The van der Waals surface area contributed by atoms with Crippen LogP contribution in [0.4, 0.5) is 20.2 Å². The fraction of sp³-hybridized carbons (Fsp3) is 0.400. The van der Waals surface area contributed by atoms with Crippen LogP contribution in [0.25, 0.3) is 0 Å². The quantitative estimate of drug-likeness (QED) is 0.347. The summed E-state index contributed by atoms with van der Waals surface area (Å²) < 4.78 is 29.4. The van der Waals surface area contributed by atoms with Gasteiger partial charge in [-0.05, 0) is 57.0 Å². The number of hydrazone groups is 1. The Morgan fingerprint density at radius 3 is 2.44 bits per heavy atom. The number of hydrogen-bond donors (Lipinski definition) is 2. The van der Waals surface area contributed by atoms with Crippen molar-refractivity contribution in [2.45, 2.75) is 12.5 Å². The summed E-state index contributed by atoms with van der Waals surface area (Å²) in [6, 6.07) is 9.68. The number of likely N-dealkylation sites (N-methyl/N-ethyl adjacent to an activating group) is 1. The molecule has 2 aliphatic heterocycles. The monoisotopic (exact) mass is 515 g/mol. The third kappa shape index (κ3) is 5.73. The molecule has 2 fully saturated rings. The van der Waals surface area contributed by atoms with Gasteiger partial charge in [0, 0.05) is 56.6 Å². The van der Waals surface area contributed by atoms with Gasteiger partial charge in [-0.2, -0.15) is 5.10 Å². The Balaban J connectivity index is 1.55. The summed E-state index contributed by atoms with van der Waals surface area (Å²) in [5, 5.41) is 4.07. The molecule has 2 saturated heterocycles. The second-order valence-corrected chi connectivity index (χ2v) is 9.65. The van der Waals surface area contributed by atoms with Crippen LogP contribution < -0.4 is 21.0 Å². The summed E-state index contributed by atoms with van der Waals surface area (Å²) in [7, 11) is 4.11. The van der Waals surface area contributed by atoms with E-state index in [0.717, 1.165) is 25.2 Å². The molecule has 2 heterocycles. The molecule has 8 nitrogen and oxygen atoms in total. The van der Waals surface area contributed by atoms with E-state index in [-0.39, 0.29) is 22.4 Å². The summed E-state index contributed by atoms with van der Waals surface area (Å²) in [6.45, 7) is 3.26. The number of halogens is 2. The number of carbonyl (C=O) groups excluding carboxylic acids is 1. The minimum Gasteiger partial charge on any atom is -0.375 e. The van der Waals surface area contributed by atoms with Crippen molar-refractivity contribution in [2.75, 3.05) is 63.2 Å². The van der Waals surface area contributed by atoms with Crippen LogP contribution in [-0.4, -0.2) is 86.4 Å². The molecule has 2 aromatic rings. The summed E-state index contributed by atoms with van der Waals surface area (Å²) in [5.41, 5.74) is 9.99. The van der Waals surface area contributed by atoms with Crippen molar-refractivity contribution in [1.29, 1.82) is 0 Å². The first kappa shape index (κ1) is 25.8. The van der Waals surface area contributed by atoms with Gasteiger partial charge in [0.15, 0.2) is 5.11 Å². The van der Waals surface area contributed by atoms with E-state index in [1.165, 1.54) is 24.4 Å². The standard InChI is InChI=1S/C25H31F2N7OS/c1-31(2)18-7-8-34(16-18)22-14-23(21(27)13-17(22)15-29-30-25(28)36)32-9-11-33(12-10-32)24(35)19-5-3-4-6-20(19)26/h3-6,13-15,18H,7-12,16H2,1-2H3,(H3,28,30,36)/t18-/m1/s1. The average molecular weight is 516 g/mol. The zero-order valence-electron chi connectivity index (χ0n) is 20.5. The molecule has 1 atom stereocenters. The van der Waals surface area contributed by atoms with Gasteiger partial charge in [-0.1, -0.05) is 12.1 Å². The molecular weight excluding hydrogens is 484 g/mol. The van der Waals surface area contributed by atoms with Crippen LogP contribution in [0.2, 0.25) is 0 Å². The van der Waals surface area contributed by atoms with E-state index in [1.807, 2.05) is 11.0 Å². The molecule has 0 aliphatic carbocycles. The highest BCUT2D eigenvalue weighted by molar-refractivity contribution is 7.80. The summed E-state index contributed by atoms with van der Waals surface area (Å²) in [5.74, 6) is -1.27. The molecule has 2 aromatic carbocycles. The van der Waals surface area contributed by atoms with Gasteiger partial charge in [0.25, 0.3) is 5.91 Å². The first-order chi connectivity index (χ1) is 17.2. The number of nitrogens with zero attached hydrogens (tertiary/aromatic N) is 5. The Morgan fingerprint density at radius 2 is 1.81 bits per heavy atom. The molecule has 0 aromatic heterocycles. The number of piperazine rings is 1. The Hall–Kier alpha value is -3.31. The van der Waals surface area contributed by atoms with E-state index in [0.29, 0.717) is 43.5 Å². The molecule has 2 aliphatic rings. The predicted octanol–water partition coefficient (Wildman–Crippen LogP) is 2.23. The number of rotatable bonds is 6. The molecule has 4 rings (SSSR count). The van der Waals surface area contributed by atoms with Gasteiger partial charge in [-0.25, -0.2) is 8.78 Å². The maximum absolute atomic E-state index is 15.3. The van der Waals surface area contributed by atoms with Crippen LogP contribution in [0.3, 0.4) is 0 Å². The van der Waals surface area contributed by atoms with Gasteiger partial charge >= 0.3 is 0 Å². The maximum atomic E-state index is 15.3. The van der Waals surface area contributed by atoms with E-state index in [1.54, 1.807) is 17.0 Å². The van der Waals surface area contributed by atoms with Crippen LogP contribution in [0.1, 0.15) is 22.3 Å². The van der Waals surface area contributed by atoms with Gasteiger partial charge in [-0.3, -0.25) is 10.2 Å². The lowest BCUT2D eigenvalue weighted by Gasteiger charge is -2.37. The lowest BCUT2D eigenvalue weighted by atomic mass is 10.1. The van der Waals surface area contributed by atoms with E-state index < -0.39 is 5.82 Å². The number of carbonyl (C=O) groups is 1. The van der Waals surface area contributed by atoms with Gasteiger partial charge < -0.3 is 25.3 Å². The van der Waals surface area contributed by atoms with E-state index >= 15 is 4.39 Å². The van der Waals surface area contributed by atoms with Crippen molar-refractivity contribution < 1.29 is 13.6 Å². The van der Waals surface area contributed by atoms with Crippen molar-refractivity contribution >= 4 is 40.8 Å². The number of hydrogen-bond acceptors (Lipinski definition) is 6. The van der Waals surface area contributed by atoms with E-state index in [9.17, 15) is 9.18 Å². The average Bonchev–Trinajstić information content (AvgIpc) is 3.35. The predicted molar refractivity (Wildman–Crippen MR) is 143 cm³/mol. The number of thiocarbonyl (C=S) groups is 1. The zero-order valence-corrected chi connectivity index (χ0v) is 21.3. The second-order valence-electron chi connectivity index (χ2n) is 9.21. The number of anilines is 2. The number of benzene rings is 2. The summed E-state index contributed by atoms with van der Waals surface area (Å²) in [6.07, 6.45) is 2.52. The molecule has 0 radical (unpaired) electrons.